The Hall–Kier alpha value is -2.17. The molecule has 0 saturated carbocycles. The van der Waals surface area contributed by atoms with Gasteiger partial charge < -0.3 is 9.47 Å². The average molecular weight is 387 g/mol. The number of nitrogens with zero attached hydrogens (tertiary/aromatic N) is 2. The standard InChI is InChI=1S/C22H21ClF2N2/c1-14(15-3-5-19(24)20(25)11-15)13-27-21-6-4-16(23)12-18(21)17-7-9-26(2)10-8-22(17)27/h3-6,11-12H,1,7-10,13H2,2H3. The van der Waals surface area contributed by atoms with Gasteiger partial charge in [0.2, 0.25) is 0 Å². The van der Waals surface area contributed by atoms with Crippen LogP contribution < -0.4 is 0 Å². The fourth-order valence-corrected chi connectivity index (χ4v) is 4.08. The minimum Gasteiger partial charge on any atom is -0.340 e. The quantitative estimate of drug-likeness (QED) is 0.591. The number of fused-ring (bicyclic) bond motifs is 3. The molecule has 4 rings (SSSR count). The summed E-state index contributed by atoms with van der Waals surface area (Å²) < 4.78 is 29.2. The van der Waals surface area contributed by atoms with Crippen molar-refractivity contribution in [3.8, 4) is 0 Å². The van der Waals surface area contributed by atoms with E-state index in [4.69, 9.17) is 11.6 Å². The maximum Gasteiger partial charge on any atom is 0.159 e. The van der Waals surface area contributed by atoms with Crippen molar-refractivity contribution in [2.75, 3.05) is 20.1 Å². The topological polar surface area (TPSA) is 8.17 Å². The van der Waals surface area contributed by atoms with Crippen LogP contribution >= 0.6 is 11.6 Å². The SMILES string of the molecule is C=C(Cn1c2c(c3cc(Cl)ccc31)CCN(C)CC2)c1ccc(F)c(F)c1. The van der Waals surface area contributed by atoms with Crippen molar-refractivity contribution < 1.29 is 8.78 Å². The molecule has 3 aromatic rings. The van der Waals surface area contributed by atoms with Gasteiger partial charge in [-0.15, -0.1) is 0 Å². The average Bonchev–Trinajstić information content (AvgIpc) is 2.78. The molecule has 27 heavy (non-hydrogen) atoms. The van der Waals surface area contributed by atoms with Crippen LogP contribution in [0.1, 0.15) is 16.8 Å². The van der Waals surface area contributed by atoms with Crippen LogP contribution in [-0.4, -0.2) is 29.6 Å². The molecule has 0 spiro atoms. The molecular formula is C22H21ClF2N2. The third kappa shape index (κ3) is 3.40. The molecule has 0 bridgehead atoms. The Morgan fingerprint density at radius 2 is 1.85 bits per heavy atom. The van der Waals surface area contributed by atoms with Crippen LogP contribution in [0.3, 0.4) is 0 Å². The number of halogens is 3. The van der Waals surface area contributed by atoms with Gasteiger partial charge in [0.05, 0.1) is 0 Å². The van der Waals surface area contributed by atoms with Crippen LogP contribution in [0.15, 0.2) is 43.0 Å². The minimum atomic E-state index is -0.849. The molecule has 2 aromatic carbocycles. The first-order valence-corrected chi connectivity index (χ1v) is 9.43. The predicted octanol–water partition coefficient (Wildman–Crippen LogP) is 5.32. The van der Waals surface area contributed by atoms with E-state index in [0.717, 1.165) is 48.1 Å². The molecule has 0 N–H and O–H groups in total. The van der Waals surface area contributed by atoms with Gasteiger partial charge in [-0.25, -0.2) is 8.78 Å². The highest BCUT2D eigenvalue weighted by atomic mass is 35.5. The molecule has 5 heteroatoms. The molecule has 0 aliphatic carbocycles. The van der Waals surface area contributed by atoms with E-state index in [9.17, 15) is 8.78 Å². The predicted molar refractivity (Wildman–Crippen MR) is 107 cm³/mol. The van der Waals surface area contributed by atoms with Gasteiger partial charge in [0.25, 0.3) is 0 Å². The minimum absolute atomic E-state index is 0.530. The zero-order chi connectivity index (χ0) is 19.1. The lowest BCUT2D eigenvalue weighted by atomic mass is 10.1. The Balaban J connectivity index is 1.79. The van der Waals surface area contributed by atoms with Crippen LogP contribution in [0.5, 0.6) is 0 Å². The second kappa shape index (κ2) is 7.10. The van der Waals surface area contributed by atoms with Crippen LogP contribution in [0.4, 0.5) is 8.78 Å². The first-order valence-electron chi connectivity index (χ1n) is 9.05. The number of rotatable bonds is 3. The molecule has 0 amide bonds. The summed E-state index contributed by atoms with van der Waals surface area (Å²) in [4.78, 5) is 2.32. The van der Waals surface area contributed by atoms with E-state index in [-0.39, 0.29) is 0 Å². The number of hydrogen-bond acceptors (Lipinski definition) is 1. The van der Waals surface area contributed by atoms with E-state index in [2.05, 4.69) is 23.1 Å². The van der Waals surface area contributed by atoms with Gasteiger partial charge in [0.15, 0.2) is 11.6 Å². The monoisotopic (exact) mass is 386 g/mol. The Bertz CT molecular complexity index is 1040. The summed E-state index contributed by atoms with van der Waals surface area (Å²) in [6, 6.07) is 9.90. The maximum absolute atomic E-state index is 13.6. The molecule has 1 aliphatic heterocycles. The Morgan fingerprint density at radius 1 is 1.07 bits per heavy atom. The fourth-order valence-electron chi connectivity index (χ4n) is 3.90. The summed E-state index contributed by atoms with van der Waals surface area (Å²) in [5, 5.41) is 1.89. The van der Waals surface area contributed by atoms with Crippen molar-refractivity contribution in [3.05, 3.63) is 76.5 Å². The molecule has 0 atom stereocenters. The first-order chi connectivity index (χ1) is 12.9. The van der Waals surface area contributed by atoms with Crippen molar-refractivity contribution >= 4 is 28.1 Å². The summed E-state index contributed by atoms with van der Waals surface area (Å²) in [5.41, 5.74) is 5.08. The third-order valence-electron chi connectivity index (χ3n) is 5.40. The molecule has 2 nitrogen and oxygen atoms in total. The van der Waals surface area contributed by atoms with E-state index >= 15 is 0 Å². The van der Waals surface area contributed by atoms with Crippen LogP contribution in [0.25, 0.3) is 16.5 Å². The number of benzene rings is 2. The summed E-state index contributed by atoms with van der Waals surface area (Å²) in [7, 11) is 2.13. The highest BCUT2D eigenvalue weighted by molar-refractivity contribution is 6.31. The van der Waals surface area contributed by atoms with Gasteiger partial charge >= 0.3 is 0 Å². The zero-order valence-electron chi connectivity index (χ0n) is 15.2. The van der Waals surface area contributed by atoms with Gasteiger partial charge in [-0.05, 0) is 60.5 Å². The normalized spacial score (nSPS) is 15.0. The number of likely N-dealkylation sites (N-methyl/N-ethyl adjacent to an activating group) is 1. The van der Waals surface area contributed by atoms with E-state index in [1.165, 1.54) is 22.7 Å². The Morgan fingerprint density at radius 3 is 2.63 bits per heavy atom. The van der Waals surface area contributed by atoms with Crippen molar-refractivity contribution in [2.45, 2.75) is 19.4 Å². The van der Waals surface area contributed by atoms with Crippen molar-refractivity contribution in [1.29, 1.82) is 0 Å². The summed E-state index contributed by atoms with van der Waals surface area (Å²) in [6.07, 6.45) is 1.90. The largest absolute Gasteiger partial charge is 0.340 e. The van der Waals surface area contributed by atoms with E-state index in [1.807, 2.05) is 18.2 Å². The highest BCUT2D eigenvalue weighted by Gasteiger charge is 2.21. The Labute approximate surface area is 162 Å². The van der Waals surface area contributed by atoms with E-state index in [1.54, 1.807) is 6.07 Å². The van der Waals surface area contributed by atoms with Gasteiger partial charge in [-0.2, -0.15) is 0 Å². The lowest BCUT2D eigenvalue weighted by Gasteiger charge is -2.15. The van der Waals surface area contributed by atoms with Crippen molar-refractivity contribution in [1.82, 2.24) is 9.47 Å². The fraction of sp³-hybridized carbons (Fsp3) is 0.273. The maximum atomic E-state index is 13.6. The first kappa shape index (κ1) is 18.2. The second-order valence-corrected chi connectivity index (χ2v) is 7.65. The molecule has 1 aliphatic rings. The molecule has 0 radical (unpaired) electrons. The second-order valence-electron chi connectivity index (χ2n) is 7.21. The third-order valence-corrected chi connectivity index (χ3v) is 5.63. The van der Waals surface area contributed by atoms with Crippen LogP contribution in [-0.2, 0) is 19.4 Å². The van der Waals surface area contributed by atoms with E-state index in [0.29, 0.717) is 12.1 Å². The van der Waals surface area contributed by atoms with Crippen LogP contribution in [0.2, 0.25) is 5.02 Å². The van der Waals surface area contributed by atoms with Crippen LogP contribution in [0, 0.1) is 11.6 Å². The molecular weight excluding hydrogens is 366 g/mol. The van der Waals surface area contributed by atoms with Gasteiger partial charge in [-0.3, -0.25) is 0 Å². The van der Waals surface area contributed by atoms with E-state index < -0.39 is 11.6 Å². The van der Waals surface area contributed by atoms with Crippen molar-refractivity contribution in [2.24, 2.45) is 0 Å². The molecule has 2 heterocycles. The molecule has 0 unspecified atom stereocenters. The number of hydrogen-bond donors (Lipinski definition) is 0. The lowest BCUT2D eigenvalue weighted by molar-refractivity contribution is 0.351. The smallest absolute Gasteiger partial charge is 0.159 e. The molecule has 0 fully saturated rings. The summed E-state index contributed by atoms with van der Waals surface area (Å²) in [6.45, 7) is 6.65. The number of allylic oxidation sites excluding steroid dienone is 1. The summed E-state index contributed by atoms with van der Waals surface area (Å²) in [5.74, 6) is -1.69. The summed E-state index contributed by atoms with van der Waals surface area (Å²) >= 11 is 6.26. The van der Waals surface area contributed by atoms with Crippen molar-refractivity contribution in [3.63, 3.8) is 0 Å². The van der Waals surface area contributed by atoms with Gasteiger partial charge in [-0.1, -0.05) is 24.2 Å². The molecule has 1 aromatic heterocycles. The zero-order valence-corrected chi connectivity index (χ0v) is 16.0. The Kier molecular flexibility index (Phi) is 4.79. The highest BCUT2D eigenvalue weighted by Crippen LogP contribution is 2.33. The van der Waals surface area contributed by atoms with Gasteiger partial charge in [0, 0.05) is 47.7 Å². The van der Waals surface area contributed by atoms with Gasteiger partial charge in [0.1, 0.15) is 0 Å². The molecule has 140 valence electrons. The lowest BCUT2D eigenvalue weighted by Crippen LogP contribution is -2.21. The molecule has 0 saturated heterocycles. The number of aromatic nitrogens is 1.